The number of rotatable bonds is 4. The number of aliphatic hydroxyl groups is 1. The predicted octanol–water partition coefficient (Wildman–Crippen LogP) is 2.82. The van der Waals surface area contributed by atoms with Gasteiger partial charge < -0.3 is 9.84 Å². The Morgan fingerprint density at radius 1 is 1.65 bits per heavy atom. The van der Waals surface area contributed by atoms with Crippen LogP contribution in [0.1, 0.15) is 23.6 Å². The van der Waals surface area contributed by atoms with E-state index in [1.165, 1.54) is 11.3 Å². The average Bonchev–Trinajstić information content (AvgIpc) is 2.93. The number of hydrogen-bond acceptors (Lipinski definition) is 4. The maximum absolute atomic E-state index is 10.4. The molecule has 0 saturated carbocycles. The van der Waals surface area contributed by atoms with Gasteiger partial charge in [0.25, 0.3) is 0 Å². The molecule has 1 N–H and O–H groups in total. The fourth-order valence-corrected chi connectivity index (χ4v) is 3.06. The Balaban J connectivity index is 2.43. The van der Waals surface area contributed by atoms with Gasteiger partial charge in [0, 0.05) is 6.54 Å². The van der Waals surface area contributed by atoms with E-state index in [1.807, 2.05) is 18.4 Å². The number of hydrogen-bond donors (Lipinski definition) is 1. The lowest BCUT2D eigenvalue weighted by atomic mass is 10.2. The van der Waals surface area contributed by atoms with Crippen LogP contribution in [0.4, 0.5) is 0 Å². The molecule has 2 rings (SSSR count). The van der Waals surface area contributed by atoms with Crippen LogP contribution >= 0.6 is 27.3 Å². The molecule has 6 heteroatoms. The third-order valence-electron chi connectivity index (χ3n) is 2.52. The summed E-state index contributed by atoms with van der Waals surface area (Å²) in [5.74, 6) is 0.707. The molecule has 0 radical (unpaired) electrons. The van der Waals surface area contributed by atoms with Crippen molar-refractivity contribution in [3.05, 3.63) is 32.7 Å². The zero-order chi connectivity index (χ0) is 12.4. The summed E-state index contributed by atoms with van der Waals surface area (Å²) >= 11 is 4.88. The summed E-state index contributed by atoms with van der Waals surface area (Å²) in [5.41, 5.74) is 0.758. The highest BCUT2D eigenvalue weighted by atomic mass is 79.9. The van der Waals surface area contributed by atoms with Gasteiger partial charge in [-0.25, -0.2) is 0 Å². The summed E-state index contributed by atoms with van der Waals surface area (Å²) in [6.45, 7) is 2.70. The molecule has 0 aliphatic heterocycles. The van der Waals surface area contributed by atoms with Gasteiger partial charge in [0.1, 0.15) is 11.9 Å². The molecule has 17 heavy (non-hydrogen) atoms. The van der Waals surface area contributed by atoms with Crippen LogP contribution in [-0.4, -0.2) is 22.0 Å². The highest BCUT2D eigenvalue weighted by Gasteiger charge is 2.23. The normalized spacial score (nSPS) is 12.7. The summed E-state index contributed by atoms with van der Waals surface area (Å²) in [6.07, 6.45) is 0.976. The van der Waals surface area contributed by atoms with Crippen LogP contribution in [0.15, 0.2) is 22.1 Å². The van der Waals surface area contributed by atoms with E-state index in [4.69, 9.17) is 4.74 Å². The quantitative estimate of drug-likeness (QED) is 0.943. The Bertz CT molecular complexity index is 509. The fourth-order valence-electron chi connectivity index (χ4n) is 1.70. The Morgan fingerprint density at radius 2 is 2.41 bits per heavy atom. The number of halogens is 1. The van der Waals surface area contributed by atoms with Crippen molar-refractivity contribution in [2.75, 3.05) is 7.11 Å². The van der Waals surface area contributed by atoms with Crippen molar-refractivity contribution in [2.45, 2.75) is 19.6 Å². The molecule has 2 aromatic rings. The Labute approximate surface area is 112 Å². The van der Waals surface area contributed by atoms with Crippen LogP contribution in [0.2, 0.25) is 0 Å². The molecule has 0 saturated heterocycles. The third-order valence-corrected chi connectivity index (χ3v) is 4.08. The number of aliphatic hydroxyl groups excluding tert-OH is 1. The first-order valence-electron chi connectivity index (χ1n) is 5.19. The molecule has 1 unspecified atom stereocenters. The summed E-state index contributed by atoms with van der Waals surface area (Å²) < 4.78 is 7.80. The zero-order valence-corrected chi connectivity index (χ0v) is 12.0. The van der Waals surface area contributed by atoms with Gasteiger partial charge in [0.15, 0.2) is 0 Å². The van der Waals surface area contributed by atoms with Crippen molar-refractivity contribution < 1.29 is 9.84 Å². The smallest absolute Gasteiger partial charge is 0.135 e. The van der Waals surface area contributed by atoms with E-state index in [1.54, 1.807) is 18.0 Å². The summed E-state index contributed by atoms with van der Waals surface area (Å²) in [4.78, 5) is 0.795. The molecule has 2 aromatic heterocycles. The first-order chi connectivity index (χ1) is 8.19. The lowest BCUT2D eigenvalue weighted by Gasteiger charge is -2.13. The molecule has 2 heterocycles. The number of aromatic nitrogens is 2. The van der Waals surface area contributed by atoms with E-state index in [-0.39, 0.29) is 0 Å². The second-order valence-corrected chi connectivity index (χ2v) is 5.25. The molecule has 0 bridgehead atoms. The van der Waals surface area contributed by atoms with E-state index >= 15 is 0 Å². The van der Waals surface area contributed by atoms with Crippen molar-refractivity contribution >= 4 is 27.3 Å². The standard InChI is InChI=1S/C11H13BrN2O2S/c1-3-14-9(7(12)6-13-14)10(15)11-8(16-2)4-5-17-11/h4-6,10,15H,3H2,1-2H3. The fraction of sp³-hybridized carbons (Fsp3) is 0.364. The maximum atomic E-state index is 10.4. The van der Waals surface area contributed by atoms with Crippen LogP contribution in [0.5, 0.6) is 5.75 Å². The van der Waals surface area contributed by atoms with Gasteiger partial charge in [-0.2, -0.15) is 5.10 Å². The molecule has 92 valence electrons. The number of aryl methyl sites for hydroxylation is 1. The molecule has 0 amide bonds. The van der Waals surface area contributed by atoms with E-state index in [2.05, 4.69) is 21.0 Å². The van der Waals surface area contributed by atoms with Gasteiger partial charge in [0.05, 0.1) is 28.4 Å². The second-order valence-electron chi connectivity index (χ2n) is 3.45. The minimum atomic E-state index is -0.721. The van der Waals surface area contributed by atoms with Gasteiger partial charge in [-0.1, -0.05) is 0 Å². The lowest BCUT2D eigenvalue weighted by molar-refractivity contribution is 0.206. The van der Waals surface area contributed by atoms with Crippen LogP contribution in [0.3, 0.4) is 0 Å². The maximum Gasteiger partial charge on any atom is 0.135 e. The number of nitrogens with zero attached hydrogens (tertiary/aromatic N) is 2. The molecule has 4 nitrogen and oxygen atoms in total. The molecule has 0 aliphatic rings. The van der Waals surface area contributed by atoms with Gasteiger partial charge in [0.2, 0.25) is 0 Å². The minimum absolute atomic E-state index is 0.707. The summed E-state index contributed by atoms with van der Waals surface area (Å²) in [5, 5.41) is 16.5. The number of ether oxygens (including phenoxy) is 1. The van der Waals surface area contributed by atoms with Crippen molar-refractivity contribution in [1.82, 2.24) is 9.78 Å². The van der Waals surface area contributed by atoms with Gasteiger partial charge in [-0.05, 0) is 34.3 Å². The molecular weight excluding hydrogens is 304 g/mol. The predicted molar refractivity (Wildman–Crippen MR) is 70.5 cm³/mol. The number of thiophene rings is 1. The highest BCUT2D eigenvalue weighted by Crippen LogP contribution is 2.37. The molecule has 0 spiro atoms. The van der Waals surface area contributed by atoms with E-state index < -0.39 is 6.10 Å². The lowest BCUT2D eigenvalue weighted by Crippen LogP contribution is -2.09. The largest absolute Gasteiger partial charge is 0.495 e. The van der Waals surface area contributed by atoms with Crippen molar-refractivity contribution in [2.24, 2.45) is 0 Å². The Kier molecular flexibility index (Phi) is 3.86. The first kappa shape index (κ1) is 12.6. The summed E-state index contributed by atoms with van der Waals surface area (Å²) in [6, 6.07) is 1.85. The first-order valence-corrected chi connectivity index (χ1v) is 6.87. The van der Waals surface area contributed by atoms with E-state index in [0.29, 0.717) is 12.3 Å². The van der Waals surface area contributed by atoms with Gasteiger partial charge >= 0.3 is 0 Å². The molecule has 0 aliphatic carbocycles. The van der Waals surface area contributed by atoms with Crippen molar-refractivity contribution in [3.63, 3.8) is 0 Å². The van der Waals surface area contributed by atoms with Crippen LogP contribution in [-0.2, 0) is 6.54 Å². The second kappa shape index (κ2) is 5.20. The average molecular weight is 317 g/mol. The minimum Gasteiger partial charge on any atom is -0.495 e. The molecule has 1 atom stereocenters. The SMILES string of the molecule is CCn1ncc(Br)c1C(O)c1sccc1OC. The van der Waals surface area contributed by atoms with E-state index in [9.17, 15) is 5.11 Å². The van der Waals surface area contributed by atoms with Gasteiger partial charge in [-0.15, -0.1) is 11.3 Å². The van der Waals surface area contributed by atoms with Crippen molar-refractivity contribution in [3.8, 4) is 5.75 Å². The van der Waals surface area contributed by atoms with Crippen molar-refractivity contribution in [1.29, 1.82) is 0 Å². The van der Waals surface area contributed by atoms with E-state index in [0.717, 1.165) is 15.0 Å². The highest BCUT2D eigenvalue weighted by molar-refractivity contribution is 9.10. The molecule has 0 fully saturated rings. The van der Waals surface area contributed by atoms with Crippen LogP contribution < -0.4 is 4.74 Å². The zero-order valence-electron chi connectivity index (χ0n) is 9.55. The van der Waals surface area contributed by atoms with Gasteiger partial charge in [-0.3, -0.25) is 4.68 Å². The topological polar surface area (TPSA) is 47.3 Å². The molecule has 0 aromatic carbocycles. The Morgan fingerprint density at radius 3 is 3.06 bits per heavy atom. The van der Waals surface area contributed by atoms with Crippen LogP contribution in [0, 0.1) is 0 Å². The number of methoxy groups -OCH3 is 1. The monoisotopic (exact) mass is 316 g/mol. The summed E-state index contributed by atoms with van der Waals surface area (Å²) in [7, 11) is 1.60. The van der Waals surface area contributed by atoms with Crippen LogP contribution in [0.25, 0.3) is 0 Å². The third kappa shape index (κ3) is 2.25. The molecular formula is C11H13BrN2O2S. The Hall–Kier alpha value is -0.850.